The van der Waals surface area contributed by atoms with E-state index in [1.54, 1.807) is 6.07 Å². The van der Waals surface area contributed by atoms with Gasteiger partial charge in [-0.1, -0.05) is 11.2 Å². The number of carbonyl (C=O) groups excluding carboxylic acids is 2. The summed E-state index contributed by atoms with van der Waals surface area (Å²) in [6.45, 7) is 7.95. The highest BCUT2D eigenvalue weighted by Crippen LogP contribution is 2.37. The molecule has 3 atom stereocenters. The van der Waals surface area contributed by atoms with E-state index in [4.69, 9.17) is 25.6 Å². The molecule has 290 valence electrons. The average Bonchev–Trinajstić information content (AvgIpc) is 3.54. The number of hydrogen-bond donors (Lipinski definition) is 7. The van der Waals surface area contributed by atoms with Crippen molar-refractivity contribution in [3.05, 3.63) is 53.2 Å². The van der Waals surface area contributed by atoms with Gasteiger partial charge in [0, 0.05) is 42.6 Å². The monoisotopic (exact) mass is 788 g/mol. The molecule has 2 aromatic heterocycles. The predicted molar refractivity (Wildman–Crippen MR) is 194 cm³/mol. The Morgan fingerprint density at radius 3 is 2.61 bits per heavy atom. The standard InChI is InChI=1S/C33H41N9O10S2/c1-32(2)27(29(44)42(32)52-54(47,48)49)39-28(43)26(22-17-53-31(35)38-22)40-51-33(3,30(45)46)24-8-5-20-12-19(4-7-23(20)50-24)21-6-9-25(37-11-10-34)41(16-21)15-18-13-36-14-18/h4,6-7,9,12,16-18,24,27,36H,5,8,10-11,13-15,34H2,1-3H3,(H5,35,38,39,43,45,46,47,48,49)/p+1/b40-26-/t24-,27-,33+/m1/s1. The number of hydrogen-bond acceptors (Lipinski definition) is 15. The number of carboxylic acids is 1. The van der Waals surface area contributed by atoms with Gasteiger partial charge in [0.15, 0.2) is 16.9 Å². The van der Waals surface area contributed by atoms with Gasteiger partial charge in [-0.05, 0) is 62.9 Å². The van der Waals surface area contributed by atoms with Crippen molar-refractivity contribution in [2.45, 2.75) is 63.4 Å². The molecular weight excluding hydrogens is 747 g/mol. The highest BCUT2D eigenvalue weighted by molar-refractivity contribution is 7.80. The topological polar surface area (TPSA) is 274 Å². The summed E-state index contributed by atoms with van der Waals surface area (Å²) in [6, 6.07) is 8.43. The average molecular weight is 789 g/mol. The molecule has 54 heavy (non-hydrogen) atoms. The highest BCUT2D eigenvalue weighted by Gasteiger charge is 2.58. The normalized spacial score (nSPS) is 20.8. The Kier molecular flexibility index (Phi) is 10.8. The Labute approximate surface area is 314 Å². The molecule has 3 aliphatic rings. The third-order valence-corrected chi connectivity index (χ3v) is 10.6. The van der Waals surface area contributed by atoms with Crippen LogP contribution in [0.4, 0.5) is 10.9 Å². The number of nitrogens with two attached hydrogens (primary N) is 2. The molecular formula is C33H42N9O10S2+. The highest BCUT2D eigenvalue weighted by atomic mass is 32.3. The smallest absolute Gasteiger partial charge is 0.418 e. The number of nitrogen functional groups attached to an aromatic ring is 1. The number of anilines is 2. The number of aryl methyl sites for hydroxylation is 1. The van der Waals surface area contributed by atoms with Gasteiger partial charge in [0.2, 0.25) is 0 Å². The quantitative estimate of drug-likeness (QED) is 0.0353. The largest absolute Gasteiger partial charge is 0.485 e. The van der Waals surface area contributed by atoms with Crippen LogP contribution < -0.4 is 36.7 Å². The number of nitrogens with zero attached hydrogens (tertiary/aromatic N) is 4. The third-order valence-electron chi connectivity index (χ3n) is 9.60. The fourth-order valence-electron chi connectivity index (χ4n) is 6.34. The second-order valence-electron chi connectivity index (χ2n) is 13.9. The fourth-order valence-corrected chi connectivity index (χ4v) is 7.34. The number of aromatic nitrogens is 2. The van der Waals surface area contributed by atoms with Crippen molar-refractivity contribution in [3.63, 3.8) is 0 Å². The number of pyridine rings is 1. The molecule has 0 aliphatic carbocycles. The van der Waals surface area contributed by atoms with Crippen LogP contribution >= 0.6 is 11.3 Å². The van der Waals surface area contributed by atoms with Crippen LogP contribution in [0, 0.1) is 5.92 Å². The Morgan fingerprint density at radius 1 is 1.26 bits per heavy atom. The number of rotatable bonds is 15. The zero-order chi connectivity index (χ0) is 39.0. The molecule has 3 aromatic rings. The molecule has 0 spiro atoms. The number of fused-ring (bicyclic) bond motifs is 1. The van der Waals surface area contributed by atoms with Crippen molar-refractivity contribution in [3.8, 4) is 16.9 Å². The summed E-state index contributed by atoms with van der Waals surface area (Å²) in [7, 11) is -5.03. The first-order chi connectivity index (χ1) is 25.5. The minimum atomic E-state index is -5.03. The van der Waals surface area contributed by atoms with E-state index in [1.807, 2.05) is 24.3 Å². The van der Waals surface area contributed by atoms with Crippen LogP contribution in [0.15, 0.2) is 47.1 Å². The summed E-state index contributed by atoms with van der Waals surface area (Å²) >= 11 is 0.974. The second kappa shape index (κ2) is 15.1. The minimum Gasteiger partial charge on any atom is -0.485 e. The van der Waals surface area contributed by atoms with E-state index in [9.17, 15) is 27.9 Å². The number of carboxylic acid groups (broad SMARTS) is 1. The van der Waals surface area contributed by atoms with Gasteiger partial charge in [-0.25, -0.2) is 14.3 Å². The Hall–Kier alpha value is -4.93. The molecule has 21 heteroatoms. The molecule has 6 rings (SSSR count). The lowest BCUT2D eigenvalue weighted by molar-refractivity contribution is -0.690. The molecule has 5 heterocycles. The number of amides is 2. The first kappa shape index (κ1) is 38.8. The fraction of sp³-hybridized carbons (Fsp3) is 0.455. The lowest BCUT2D eigenvalue weighted by atomic mass is 9.84. The maximum atomic E-state index is 13.5. The molecule has 0 bridgehead atoms. The number of oxime groups is 1. The first-order valence-electron chi connectivity index (χ1n) is 17.0. The number of ether oxygens (including phenoxy) is 1. The predicted octanol–water partition coefficient (Wildman–Crippen LogP) is 0.0676. The van der Waals surface area contributed by atoms with Crippen molar-refractivity contribution < 1.29 is 50.9 Å². The van der Waals surface area contributed by atoms with E-state index < -0.39 is 57.2 Å². The first-order valence-corrected chi connectivity index (χ1v) is 19.3. The molecule has 9 N–H and O–H groups in total. The van der Waals surface area contributed by atoms with Gasteiger partial charge >= 0.3 is 16.4 Å². The number of hydroxylamine groups is 2. The molecule has 2 amide bonds. The molecule has 0 saturated carbocycles. The third kappa shape index (κ3) is 7.95. The van der Waals surface area contributed by atoms with Crippen LogP contribution in [0.3, 0.4) is 0 Å². The number of carbonyl (C=O) groups is 3. The Morgan fingerprint density at radius 2 is 2.00 bits per heavy atom. The Balaban J connectivity index is 1.21. The molecule has 2 fully saturated rings. The molecule has 3 aliphatic heterocycles. The summed E-state index contributed by atoms with van der Waals surface area (Å²) < 4.78 is 44.2. The van der Waals surface area contributed by atoms with Gasteiger partial charge in [0.05, 0.1) is 24.8 Å². The summed E-state index contributed by atoms with van der Waals surface area (Å²) in [4.78, 5) is 48.7. The van der Waals surface area contributed by atoms with E-state index in [1.165, 1.54) is 26.2 Å². The van der Waals surface area contributed by atoms with E-state index in [0.29, 0.717) is 36.2 Å². The SMILES string of the molecule is CC1(C)[C@H](NC(=O)/C(=N\O[C@](C)(C(=O)O)[C@H]2CCc3cc(-c4ccc(NCCN)[n+](CC5CNC5)c4)ccc3O2)c2csc(N)n2)C(=O)N1OS(=O)(=O)O. The van der Waals surface area contributed by atoms with E-state index in [2.05, 4.69) is 41.1 Å². The van der Waals surface area contributed by atoms with Crippen LogP contribution in [0.25, 0.3) is 11.1 Å². The number of benzene rings is 1. The van der Waals surface area contributed by atoms with Crippen LogP contribution in [0.1, 0.15) is 38.4 Å². The van der Waals surface area contributed by atoms with Gasteiger partial charge in [-0.15, -0.1) is 15.6 Å². The van der Waals surface area contributed by atoms with E-state index >= 15 is 0 Å². The molecule has 2 saturated heterocycles. The Bertz CT molecular complexity index is 2090. The van der Waals surface area contributed by atoms with Crippen molar-refractivity contribution in [1.29, 1.82) is 0 Å². The number of β-lactam (4-membered cyclic amide) rings is 1. The van der Waals surface area contributed by atoms with Crippen molar-refractivity contribution >= 4 is 56.2 Å². The zero-order valence-corrected chi connectivity index (χ0v) is 31.3. The van der Waals surface area contributed by atoms with Gasteiger partial charge in [0.25, 0.3) is 23.2 Å². The van der Waals surface area contributed by atoms with Crippen LogP contribution in [0.2, 0.25) is 0 Å². The molecule has 19 nitrogen and oxygen atoms in total. The zero-order valence-electron chi connectivity index (χ0n) is 29.6. The summed E-state index contributed by atoms with van der Waals surface area (Å²) in [5.74, 6) is -1.44. The van der Waals surface area contributed by atoms with E-state index in [0.717, 1.165) is 53.5 Å². The van der Waals surface area contributed by atoms with Gasteiger partial charge in [-0.2, -0.15) is 13.5 Å². The summed E-state index contributed by atoms with van der Waals surface area (Å²) in [5, 5.41) is 25.3. The van der Waals surface area contributed by atoms with Gasteiger partial charge in [0.1, 0.15) is 17.5 Å². The molecule has 0 unspecified atom stereocenters. The summed E-state index contributed by atoms with van der Waals surface area (Å²) in [6.07, 6.45) is 1.73. The molecule has 1 aromatic carbocycles. The van der Waals surface area contributed by atoms with Gasteiger partial charge in [-0.3, -0.25) is 19.5 Å². The molecule has 0 radical (unpaired) electrons. The van der Waals surface area contributed by atoms with Gasteiger partial charge < -0.3 is 36.8 Å². The van der Waals surface area contributed by atoms with Crippen molar-refractivity contribution in [1.82, 2.24) is 20.7 Å². The maximum Gasteiger partial charge on any atom is 0.418 e. The van der Waals surface area contributed by atoms with E-state index in [-0.39, 0.29) is 17.2 Å². The second-order valence-corrected chi connectivity index (χ2v) is 15.8. The van der Waals surface area contributed by atoms with Crippen LogP contribution in [-0.4, -0.2) is 101 Å². The van der Waals surface area contributed by atoms with Crippen LogP contribution in [-0.2, 0) is 46.9 Å². The number of nitrogens with one attached hydrogen (secondary N) is 3. The number of aliphatic carboxylic acids is 1. The van der Waals surface area contributed by atoms with Crippen LogP contribution in [0.5, 0.6) is 5.75 Å². The number of thiazole rings is 1. The lowest BCUT2D eigenvalue weighted by Crippen LogP contribution is -2.76. The van der Waals surface area contributed by atoms with Crippen molar-refractivity contribution in [2.75, 3.05) is 37.2 Å². The minimum absolute atomic E-state index is 0.0653. The lowest BCUT2D eigenvalue weighted by Gasteiger charge is -2.50. The van der Waals surface area contributed by atoms with Crippen molar-refractivity contribution in [2.24, 2.45) is 16.8 Å². The maximum absolute atomic E-state index is 13.5. The summed E-state index contributed by atoms with van der Waals surface area (Å²) in [5.41, 5.74) is 10.2.